The van der Waals surface area contributed by atoms with Crippen molar-refractivity contribution in [3.8, 4) is 0 Å². The van der Waals surface area contributed by atoms with Crippen molar-refractivity contribution in [1.29, 1.82) is 0 Å². The van der Waals surface area contributed by atoms with E-state index in [1.807, 2.05) is 0 Å². The van der Waals surface area contributed by atoms with Gasteiger partial charge in [-0.05, 0) is 66.6 Å². The second-order valence-corrected chi connectivity index (χ2v) is 9.65. The number of aliphatic hydroxyl groups excluding tert-OH is 1. The first kappa shape index (κ1) is 15.2. The molecule has 7 atom stereocenters. The molecule has 4 aliphatic rings. The molecule has 3 saturated carbocycles. The Balaban J connectivity index is 1.70. The predicted octanol–water partition coefficient (Wildman–Crippen LogP) is 4.33. The van der Waals surface area contributed by atoms with Gasteiger partial charge in [-0.1, -0.05) is 33.3 Å². The monoisotopic (exact) mass is 304 g/mol. The van der Waals surface area contributed by atoms with Crippen LogP contribution < -0.4 is 0 Å². The molecule has 4 rings (SSSR count). The summed E-state index contributed by atoms with van der Waals surface area (Å²) < 4.78 is 6.43. The summed E-state index contributed by atoms with van der Waals surface area (Å²) in [6.45, 7) is 11.6. The molecule has 1 heterocycles. The highest BCUT2D eigenvalue weighted by Crippen LogP contribution is 2.72. The normalized spacial score (nSPS) is 59.9. The van der Waals surface area contributed by atoms with E-state index < -0.39 is 0 Å². The Morgan fingerprint density at radius 2 is 1.95 bits per heavy atom. The number of rotatable bonds is 2. The van der Waals surface area contributed by atoms with E-state index >= 15 is 0 Å². The highest BCUT2D eigenvalue weighted by molar-refractivity contribution is 5.24. The second kappa shape index (κ2) is 4.39. The molecule has 1 aliphatic heterocycles. The Labute approximate surface area is 135 Å². The van der Waals surface area contributed by atoms with Crippen LogP contribution in [0.3, 0.4) is 0 Å². The Kier molecular flexibility index (Phi) is 3.03. The van der Waals surface area contributed by atoms with Crippen LogP contribution in [0.5, 0.6) is 0 Å². The lowest BCUT2D eigenvalue weighted by molar-refractivity contribution is -0.122. The summed E-state index contributed by atoms with van der Waals surface area (Å²) in [5.74, 6) is 1.31. The molecular formula is C20H32O2. The lowest BCUT2D eigenvalue weighted by Crippen LogP contribution is -2.58. The number of hydrogen-bond donors (Lipinski definition) is 1. The Hall–Kier alpha value is -0.340. The minimum atomic E-state index is 0.101. The molecule has 1 spiro atoms. The van der Waals surface area contributed by atoms with Crippen molar-refractivity contribution >= 4 is 0 Å². The molecule has 1 unspecified atom stereocenters. The fraction of sp³-hybridized carbons (Fsp3) is 0.900. The standard InChI is InChI=1S/C20H32O2/c1-5-17(2)10-7-14-19(4)9-6-8-18(3,13-21)15(19)11-16-20(14,12-17)22-16/h5,14-16,21H,1,6-13H2,2-4H3/t14-,15?,16+,17-,18-,19+,20-/m1/s1. The Morgan fingerprint density at radius 3 is 2.64 bits per heavy atom. The number of aliphatic hydroxyl groups is 1. The minimum Gasteiger partial charge on any atom is -0.396 e. The largest absolute Gasteiger partial charge is 0.396 e. The third-order valence-corrected chi connectivity index (χ3v) is 8.32. The summed E-state index contributed by atoms with van der Waals surface area (Å²) in [5, 5.41) is 10.1. The molecule has 2 heteroatoms. The molecule has 4 fully saturated rings. The topological polar surface area (TPSA) is 32.8 Å². The number of hydrogen-bond acceptors (Lipinski definition) is 2. The third kappa shape index (κ3) is 1.74. The molecule has 124 valence electrons. The van der Waals surface area contributed by atoms with Crippen LogP contribution in [0.2, 0.25) is 0 Å². The highest BCUT2D eigenvalue weighted by Gasteiger charge is 2.74. The van der Waals surface area contributed by atoms with E-state index in [9.17, 15) is 5.11 Å². The maximum Gasteiger partial charge on any atom is 0.0989 e. The third-order valence-electron chi connectivity index (χ3n) is 8.32. The van der Waals surface area contributed by atoms with Gasteiger partial charge < -0.3 is 9.84 Å². The van der Waals surface area contributed by atoms with Gasteiger partial charge in [0, 0.05) is 6.61 Å². The summed E-state index contributed by atoms with van der Waals surface area (Å²) in [6.07, 6.45) is 11.2. The molecule has 1 saturated heterocycles. The average molecular weight is 304 g/mol. The summed E-state index contributed by atoms with van der Waals surface area (Å²) in [4.78, 5) is 0. The summed E-state index contributed by atoms with van der Waals surface area (Å²) >= 11 is 0. The lowest BCUT2D eigenvalue weighted by Gasteiger charge is -2.60. The van der Waals surface area contributed by atoms with Crippen molar-refractivity contribution in [2.45, 2.75) is 77.4 Å². The van der Waals surface area contributed by atoms with Gasteiger partial charge in [-0.25, -0.2) is 0 Å². The van der Waals surface area contributed by atoms with E-state index in [4.69, 9.17) is 4.74 Å². The van der Waals surface area contributed by atoms with E-state index in [2.05, 4.69) is 33.4 Å². The maximum atomic E-state index is 10.1. The zero-order chi connectivity index (χ0) is 15.8. The predicted molar refractivity (Wildman–Crippen MR) is 88.5 cm³/mol. The number of allylic oxidation sites excluding steroid dienone is 1. The van der Waals surface area contributed by atoms with E-state index in [0.29, 0.717) is 30.0 Å². The average Bonchev–Trinajstić information content (AvgIpc) is 3.17. The van der Waals surface area contributed by atoms with E-state index in [0.717, 1.165) is 12.8 Å². The van der Waals surface area contributed by atoms with E-state index in [1.54, 1.807) is 0 Å². The van der Waals surface area contributed by atoms with Crippen LogP contribution in [0, 0.1) is 28.1 Å². The maximum absolute atomic E-state index is 10.1. The van der Waals surface area contributed by atoms with E-state index in [-0.39, 0.29) is 16.4 Å². The van der Waals surface area contributed by atoms with Crippen molar-refractivity contribution < 1.29 is 9.84 Å². The number of ether oxygens (including phenoxy) is 1. The van der Waals surface area contributed by atoms with Gasteiger partial charge in [0.05, 0.1) is 11.7 Å². The summed E-state index contributed by atoms with van der Waals surface area (Å²) in [5.41, 5.74) is 0.846. The van der Waals surface area contributed by atoms with Crippen molar-refractivity contribution in [2.75, 3.05) is 6.61 Å². The summed E-state index contributed by atoms with van der Waals surface area (Å²) in [7, 11) is 0. The van der Waals surface area contributed by atoms with Gasteiger partial charge in [-0.3, -0.25) is 0 Å². The van der Waals surface area contributed by atoms with Crippen molar-refractivity contribution in [3.63, 3.8) is 0 Å². The number of fused-ring (bicyclic) bond motifs is 2. The molecule has 0 aromatic carbocycles. The molecule has 3 aliphatic carbocycles. The van der Waals surface area contributed by atoms with E-state index in [1.165, 1.54) is 32.1 Å². The minimum absolute atomic E-state index is 0.101. The van der Waals surface area contributed by atoms with Crippen LogP contribution >= 0.6 is 0 Å². The van der Waals surface area contributed by atoms with Crippen molar-refractivity contribution in [3.05, 3.63) is 12.7 Å². The number of epoxide rings is 1. The van der Waals surface area contributed by atoms with Crippen molar-refractivity contribution in [1.82, 2.24) is 0 Å². The van der Waals surface area contributed by atoms with Crippen LogP contribution in [0.25, 0.3) is 0 Å². The molecule has 0 aromatic heterocycles. The second-order valence-electron chi connectivity index (χ2n) is 9.65. The smallest absolute Gasteiger partial charge is 0.0989 e. The Morgan fingerprint density at radius 1 is 1.18 bits per heavy atom. The zero-order valence-corrected chi connectivity index (χ0v) is 14.5. The lowest BCUT2D eigenvalue weighted by atomic mass is 9.43. The summed E-state index contributed by atoms with van der Waals surface area (Å²) in [6, 6.07) is 0. The van der Waals surface area contributed by atoms with Crippen LogP contribution in [0.15, 0.2) is 12.7 Å². The molecule has 0 bridgehead atoms. The zero-order valence-electron chi connectivity index (χ0n) is 14.5. The van der Waals surface area contributed by atoms with Crippen LogP contribution in [0.1, 0.15) is 65.7 Å². The molecule has 2 nitrogen and oxygen atoms in total. The molecule has 1 N–H and O–H groups in total. The van der Waals surface area contributed by atoms with Gasteiger partial charge in [0.25, 0.3) is 0 Å². The van der Waals surface area contributed by atoms with Gasteiger partial charge in [-0.2, -0.15) is 0 Å². The van der Waals surface area contributed by atoms with Crippen LogP contribution in [-0.2, 0) is 4.74 Å². The quantitative estimate of drug-likeness (QED) is 0.608. The van der Waals surface area contributed by atoms with Crippen molar-refractivity contribution in [2.24, 2.45) is 28.1 Å². The molecule has 0 aromatic rings. The van der Waals surface area contributed by atoms with Gasteiger partial charge in [-0.15, -0.1) is 6.58 Å². The molecular weight excluding hydrogens is 272 g/mol. The molecule has 22 heavy (non-hydrogen) atoms. The fourth-order valence-electron chi connectivity index (χ4n) is 6.96. The Bertz CT molecular complexity index is 502. The van der Waals surface area contributed by atoms with Crippen LogP contribution in [0.4, 0.5) is 0 Å². The first-order chi connectivity index (χ1) is 10.3. The fourth-order valence-corrected chi connectivity index (χ4v) is 6.96. The van der Waals surface area contributed by atoms with Crippen LogP contribution in [-0.4, -0.2) is 23.4 Å². The van der Waals surface area contributed by atoms with Gasteiger partial charge in [0.1, 0.15) is 0 Å². The van der Waals surface area contributed by atoms with Gasteiger partial charge in [0.2, 0.25) is 0 Å². The highest BCUT2D eigenvalue weighted by atomic mass is 16.6. The van der Waals surface area contributed by atoms with Gasteiger partial charge in [0.15, 0.2) is 0 Å². The first-order valence-corrected chi connectivity index (χ1v) is 9.24. The SMILES string of the molecule is C=C[C@]1(C)CC[C@H]2[C@@]3(C1)O[C@H]3CC1[C@@](C)(CO)CCC[C@]12C. The van der Waals surface area contributed by atoms with Gasteiger partial charge >= 0.3 is 0 Å². The first-order valence-electron chi connectivity index (χ1n) is 9.24. The molecule has 0 radical (unpaired) electrons. The molecule has 0 amide bonds.